The van der Waals surface area contributed by atoms with E-state index in [1.165, 1.54) is 16.5 Å². The van der Waals surface area contributed by atoms with Crippen molar-refractivity contribution >= 4 is 22.3 Å². The second-order valence-corrected chi connectivity index (χ2v) is 5.20. The van der Waals surface area contributed by atoms with Crippen LogP contribution in [0, 0.1) is 0 Å². The van der Waals surface area contributed by atoms with Gasteiger partial charge in [-0.1, -0.05) is 18.2 Å². The molecule has 18 heavy (non-hydrogen) atoms. The maximum Gasteiger partial charge on any atom is 0.134 e. The van der Waals surface area contributed by atoms with E-state index in [4.69, 9.17) is 4.42 Å². The zero-order valence-corrected chi connectivity index (χ0v) is 11.0. The van der Waals surface area contributed by atoms with Crippen LogP contribution in [-0.2, 0) is 6.54 Å². The van der Waals surface area contributed by atoms with Crippen LogP contribution in [0.15, 0.2) is 51.8 Å². The van der Waals surface area contributed by atoms with Crippen LogP contribution < -0.4 is 5.32 Å². The molecule has 1 N–H and O–H groups in total. The van der Waals surface area contributed by atoms with Gasteiger partial charge in [0.15, 0.2) is 0 Å². The molecule has 1 aromatic carbocycles. The summed E-state index contributed by atoms with van der Waals surface area (Å²) in [6, 6.07) is 10.7. The Kier molecular flexibility index (Phi) is 3.17. The highest BCUT2D eigenvalue weighted by molar-refractivity contribution is 7.07. The Morgan fingerprint density at radius 1 is 1.28 bits per heavy atom. The Morgan fingerprint density at radius 2 is 2.17 bits per heavy atom. The Morgan fingerprint density at radius 3 is 3.00 bits per heavy atom. The summed E-state index contributed by atoms with van der Waals surface area (Å²) in [6.45, 7) is 3.01. The first-order valence-electron chi connectivity index (χ1n) is 6.05. The van der Waals surface area contributed by atoms with Crippen molar-refractivity contribution < 1.29 is 4.42 Å². The summed E-state index contributed by atoms with van der Waals surface area (Å²) >= 11 is 1.74. The number of hydrogen-bond acceptors (Lipinski definition) is 3. The zero-order chi connectivity index (χ0) is 12.4. The Bertz CT molecular complexity index is 627. The summed E-state index contributed by atoms with van der Waals surface area (Å²) in [6.07, 6.45) is 1.85. The van der Waals surface area contributed by atoms with Gasteiger partial charge in [0.1, 0.15) is 5.58 Å². The predicted molar refractivity (Wildman–Crippen MR) is 75.8 cm³/mol. The van der Waals surface area contributed by atoms with Gasteiger partial charge in [-0.25, -0.2) is 0 Å². The molecular formula is C15H15NOS. The first-order valence-corrected chi connectivity index (χ1v) is 6.99. The summed E-state index contributed by atoms with van der Waals surface area (Å²) in [5.74, 6) is 0. The molecule has 1 unspecified atom stereocenters. The summed E-state index contributed by atoms with van der Waals surface area (Å²) < 4.78 is 5.53. The summed E-state index contributed by atoms with van der Waals surface area (Å²) in [7, 11) is 0. The molecule has 2 aromatic heterocycles. The van der Waals surface area contributed by atoms with E-state index >= 15 is 0 Å². The smallest absolute Gasteiger partial charge is 0.134 e. The number of fused-ring (bicyclic) bond motifs is 1. The molecule has 0 aliphatic heterocycles. The van der Waals surface area contributed by atoms with Gasteiger partial charge in [-0.3, -0.25) is 0 Å². The monoisotopic (exact) mass is 257 g/mol. The van der Waals surface area contributed by atoms with E-state index in [1.54, 1.807) is 11.3 Å². The molecule has 0 saturated heterocycles. The Hall–Kier alpha value is -1.58. The first-order chi connectivity index (χ1) is 8.84. The standard InChI is InChI=1S/C15H15NOS/c1-11(12-6-7-18-10-12)16-8-13-9-17-15-5-3-2-4-14(13)15/h2-7,9-11,16H,8H2,1H3. The van der Waals surface area contributed by atoms with Crippen LogP contribution in [0.25, 0.3) is 11.0 Å². The Labute approximate surface area is 110 Å². The molecule has 2 nitrogen and oxygen atoms in total. The van der Waals surface area contributed by atoms with Gasteiger partial charge in [0.25, 0.3) is 0 Å². The molecule has 0 aliphatic carbocycles. The van der Waals surface area contributed by atoms with Gasteiger partial charge in [-0.15, -0.1) is 0 Å². The largest absolute Gasteiger partial charge is 0.464 e. The van der Waals surface area contributed by atoms with Gasteiger partial charge in [-0.2, -0.15) is 11.3 Å². The molecule has 0 saturated carbocycles. The number of rotatable bonds is 4. The van der Waals surface area contributed by atoms with E-state index in [9.17, 15) is 0 Å². The third-order valence-corrected chi connectivity index (χ3v) is 3.90. The van der Waals surface area contributed by atoms with Gasteiger partial charge in [-0.05, 0) is 35.4 Å². The topological polar surface area (TPSA) is 25.2 Å². The van der Waals surface area contributed by atoms with E-state index in [1.807, 2.05) is 24.5 Å². The average molecular weight is 257 g/mol. The molecule has 0 aliphatic rings. The van der Waals surface area contributed by atoms with E-state index in [2.05, 4.69) is 35.1 Å². The third kappa shape index (κ3) is 2.19. The summed E-state index contributed by atoms with van der Waals surface area (Å²) in [5.41, 5.74) is 3.51. The quantitative estimate of drug-likeness (QED) is 0.752. The summed E-state index contributed by atoms with van der Waals surface area (Å²) in [4.78, 5) is 0. The third-order valence-electron chi connectivity index (χ3n) is 3.20. The van der Waals surface area contributed by atoms with Gasteiger partial charge in [0, 0.05) is 23.5 Å². The molecule has 0 amide bonds. The fourth-order valence-electron chi connectivity index (χ4n) is 2.07. The highest BCUT2D eigenvalue weighted by Crippen LogP contribution is 2.22. The lowest BCUT2D eigenvalue weighted by Crippen LogP contribution is -2.17. The SMILES string of the molecule is CC(NCc1coc2ccccc12)c1ccsc1. The predicted octanol–water partition coefficient (Wildman–Crippen LogP) is 4.35. The van der Waals surface area contributed by atoms with E-state index in [0.717, 1.165) is 12.1 Å². The number of hydrogen-bond donors (Lipinski definition) is 1. The van der Waals surface area contributed by atoms with Crippen molar-refractivity contribution in [3.05, 3.63) is 58.5 Å². The van der Waals surface area contributed by atoms with Gasteiger partial charge < -0.3 is 9.73 Å². The molecule has 0 radical (unpaired) electrons. The first kappa shape index (κ1) is 11.5. The van der Waals surface area contributed by atoms with Crippen LogP contribution in [0.5, 0.6) is 0 Å². The van der Waals surface area contributed by atoms with Crippen LogP contribution >= 0.6 is 11.3 Å². The molecule has 0 bridgehead atoms. The number of nitrogens with one attached hydrogen (secondary N) is 1. The van der Waals surface area contributed by atoms with E-state index < -0.39 is 0 Å². The fourth-order valence-corrected chi connectivity index (χ4v) is 2.83. The maximum atomic E-state index is 5.53. The van der Waals surface area contributed by atoms with Crippen molar-refractivity contribution in [3.8, 4) is 0 Å². The molecule has 0 fully saturated rings. The lowest BCUT2D eigenvalue weighted by atomic mass is 10.1. The molecule has 3 heteroatoms. The molecule has 1 atom stereocenters. The lowest BCUT2D eigenvalue weighted by molar-refractivity contribution is 0.563. The molecule has 3 aromatic rings. The molecular weight excluding hydrogens is 242 g/mol. The number of benzene rings is 1. The highest BCUT2D eigenvalue weighted by Gasteiger charge is 2.08. The minimum atomic E-state index is 0.366. The number of para-hydroxylation sites is 1. The van der Waals surface area contributed by atoms with Crippen LogP contribution in [0.3, 0.4) is 0 Å². The molecule has 3 rings (SSSR count). The molecule has 2 heterocycles. The van der Waals surface area contributed by atoms with Crippen molar-refractivity contribution in [1.82, 2.24) is 5.32 Å². The van der Waals surface area contributed by atoms with Crippen LogP contribution in [0.4, 0.5) is 0 Å². The van der Waals surface area contributed by atoms with Gasteiger partial charge in [0.05, 0.1) is 6.26 Å². The van der Waals surface area contributed by atoms with Crippen molar-refractivity contribution in [2.45, 2.75) is 19.5 Å². The fraction of sp³-hybridized carbons (Fsp3) is 0.200. The minimum absolute atomic E-state index is 0.366. The summed E-state index contributed by atoms with van der Waals surface area (Å²) in [5, 5.41) is 9.02. The van der Waals surface area contributed by atoms with Gasteiger partial charge in [0.2, 0.25) is 0 Å². The van der Waals surface area contributed by atoms with Crippen molar-refractivity contribution in [1.29, 1.82) is 0 Å². The molecule has 0 spiro atoms. The van der Waals surface area contributed by atoms with Gasteiger partial charge >= 0.3 is 0 Å². The second-order valence-electron chi connectivity index (χ2n) is 4.42. The normalized spacial score (nSPS) is 12.9. The van der Waals surface area contributed by atoms with Crippen molar-refractivity contribution in [2.24, 2.45) is 0 Å². The second kappa shape index (κ2) is 4.96. The van der Waals surface area contributed by atoms with Crippen molar-refractivity contribution in [3.63, 3.8) is 0 Å². The average Bonchev–Trinajstić information content (AvgIpc) is 3.06. The minimum Gasteiger partial charge on any atom is -0.464 e. The Balaban J connectivity index is 1.73. The maximum absolute atomic E-state index is 5.53. The van der Waals surface area contributed by atoms with E-state index in [-0.39, 0.29) is 0 Å². The van der Waals surface area contributed by atoms with Crippen LogP contribution in [-0.4, -0.2) is 0 Å². The number of furan rings is 1. The number of thiophene rings is 1. The van der Waals surface area contributed by atoms with Crippen LogP contribution in [0.1, 0.15) is 24.1 Å². The zero-order valence-electron chi connectivity index (χ0n) is 10.2. The van der Waals surface area contributed by atoms with Crippen LogP contribution in [0.2, 0.25) is 0 Å². The van der Waals surface area contributed by atoms with E-state index in [0.29, 0.717) is 6.04 Å². The van der Waals surface area contributed by atoms with Crippen molar-refractivity contribution in [2.75, 3.05) is 0 Å². The lowest BCUT2D eigenvalue weighted by Gasteiger charge is -2.11. The highest BCUT2D eigenvalue weighted by atomic mass is 32.1. The molecule has 92 valence electrons.